The fraction of sp³-hybridized carbons (Fsp3) is 0.500. The standard InChI is InChI=1S/C16H20ClNO3/c17-13-7-5-12(6-8-13)9-14(16(20)21)18-15(19)10-11-3-1-2-4-11/h5-8,11,14H,1-4,9-10H2,(H,18,19)(H,20,21)/t14-/m0/s1. The molecule has 2 N–H and O–H groups in total. The highest BCUT2D eigenvalue weighted by Crippen LogP contribution is 2.27. The van der Waals surface area contributed by atoms with Crippen LogP contribution in [0.1, 0.15) is 37.7 Å². The predicted octanol–water partition coefficient (Wildman–Crippen LogP) is 3.03. The Kier molecular flexibility index (Phi) is 5.62. The van der Waals surface area contributed by atoms with E-state index in [1.807, 2.05) is 0 Å². The first kappa shape index (κ1) is 15.8. The molecule has 1 fully saturated rings. The number of carboxylic acid groups (broad SMARTS) is 1. The van der Waals surface area contributed by atoms with Crippen LogP contribution in [0.25, 0.3) is 0 Å². The second kappa shape index (κ2) is 7.46. The van der Waals surface area contributed by atoms with Gasteiger partial charge in [0.1, 0.15) is 6.04 Å². The van der Waals surface area contributed by atoms with Crippen LogP contribution in [0.5, 0.6) is 0 Å². The third-order valence-electron chi connectivity index (χ3n) is 3.94. The average molecular weight is 310 g/mol. The molecule has 0 aliphatic heterocycles. The van der Waals surface area contributed by atoms with Crippen LogP contribution in [0.2, 0.25) is 5.02 Å². The number of hydrogen-bond acceptors (Lipinski definition) is 2. The summed E-state index contributed by atoms with van der Waals surface area (Å²) in [6, 6.07) is 6.11. The topological polar surface area (TPSA) is 66.4 Å². The Balaban J connectivity index is 1.90. The summed E-state index contributed by atoms with van der Waals surface area (Å²) in [6.45, 7) is 0. The minimum absolute atomic E-state index is 0.164. The number of nitrogens with one attached hydrogen (secondary N) is 1. The fourth-order valence-corrected chi connectivity index (χ4v) is 2.91. The van der Waals surface area contributed by atoms with Crippen molar-refractivity contribution >= 4 is 23.5 Å². The van der Waals surface area contributed by atoms with Gasteiger partial charge in [0.05, 0.1) is 0 Å². The summed E-state index contributed by atoms with van der Waals surface area (Å²) in [5, 5.41) is 12.5. The van der Waals surface area contributed by atoms with Crippen molar-refractivity contribution in [2.45, 2.75) is 44.6 Å². The molecule has 0 aromatic heterocycles. The van der Waals surface area contributed by atoms with Crippen LogP contribution in [0.15, 0.2) is 24.3 Å². The van der Waals surface area contributed by atoms with Gasteiger partial charge in [0.2, 0.25) is 5.91 Å². The summed E-state index contributed by atoms with van der Waals surface area (Å²) in [5.74, 6) is -0.761. The van der Waals surface area contributed by atoms with Crippen LogP contribution in [0.3, 0.4) is 0 Å². The van der Waals surface area contributed by atoms with E-state index in [0.717, 1.165) is 18.4 Å². The average Bonchev–Trinajstić information content (AvgIpc) is 2.93. The highest BCUT2D eigenvalue weighted by molar-refractivity contribution is 6.30. The quantitative estimate of drug-likeness (QED) is 0.849. The molecule has 114 valence electrons. The first-order valence-electron chi connectivity index (χ1n) is 7.31. The van der Waals surface area contributed by atoms with E-state index in [-0.39, 0.29) is 12.3 Å². The molecule has 1 amide bonds. The van der Waals surface area contributed by atoms with Crippen molar-refractivity contribution in [2.75, 3.05) is 0 Å². The molecular formula is C16H20ClNO3. The summed E-state index contributed by atoms with van der Waals surface area (Å²) in [7, 11) is 0. The van der Waals surface area contributed by atoms with Crippen molar-refractivity contribution in [2.24, 2.45) is 5.92 Å². The predicted molar refractivity (Wildman–Crippen MR) is 81.3 cm³/mol. The Morgan fingerprint density at radius 3 is 2.43 bits per heavy atom. The largest absolute Gasteiger partial charge is 0.480 e. The summed E-state index contributed by atoms with van der Waals surface area (Å²) in [5.41, 5.74) is 0.841. The molecule has 5 heteroatoms. The fourth-order valence-electron chi connectivity index (χ4n) is 2.79. The highest BCUT2D eigenvalue weighted by Gasteiger charge is 2.23. The van der Waals surface area contributed by atoms with Crippen LogP contribution in [-0.2, 0) is 16.0 Å². The van der Waals surface area contributed by atoms with Gasteiger partial charge in [0.15, 0.2) is 0 Å². The Morgan fingerprint density at radius 2 is 1.86 bits per heavy atom. The first-order chi connectivity index (χ1) is 10.0. The molecule has 1 aromatic rings. The number of carbonyl (C=O) groups excluding carboxylic acids is 1. The van der Waals surface area contributed by atoms with E-state index in [4.69, 9.17) is 11.6 Å². The Hall–Kier alpha value is -1.55. The maximum absolute atomic E-state index is 12.0. The second-order valence-electron chi connectivity index (χ2n) is 5.64. The van der Waals surface area contributed by atoms with Gasteiger partial charge in [-0.05, 0) is 36.5 Å². The molecule has 0 saturated heterocycles. The number of carboxylic acids is 1. The van der Waals surface area contributed by atoms with Gasteiger partial charge in [-0.25, -0.2) is 4.79 Å². The van der Waals surface area contributed by atoms with E-state index in [0.29, 0.717) is 17.4 Å². The van der Waals surface area contributed by atoms with Crippen molar-refractivity contribution in [3.05, 3.63) is 34.9 Å². The van der Waals surface area contributed by atoms with Gasteiger partial charge < -0.3 is 10.4 Å². The van der Waals surface area contributed by atoms with E-state index >= 15 is 0 Å². The van der Waals surface area contributed by atoms with Crippen LogP contribution >= 0.6 is 11.6 Å². The molecule has 0 bridgehead atoms. The van der Waals surface area contributed by atoms with E-state index in [9.17, 15) is 14.7 Å². The van der Waals surface area contributed by atoms with Crippen LogP contribution in [0, 0.1) is 5.92 Å². The van der Waals surface area contributed by atoms with Crippen LogP contribution in [-0.4, -0.2) is 23.0 Å². The number of aliphatic carboxylic acids is 1. The molecule has 1 saturated carbocycles. The molecule has 1 aliphatic carbocycles. The van der Waals surface area contributed by atoms with Crippen molar-refractivity contribution in [3.8, 4) is 0 Å². The zero-order valence-electron chi connectivity index (χ0n) is 11.8. The highest BCUT2D eigenvalue weighted by atomic mass is 35.5. The molecular weight excluding hydrogens is 290 g/mol. The second-order valence-corrected chi connectivity index (χ2v) is 6.08. The smallest absolute Gasteiger partial charge is 0.326 e. The van der Waals surface area contributed by atoms with Crippen LogP contribution in [0.4, 0.5) is 0 Å². The lowest BCUT2D eigenvalue weighted by Crippen LogP contribution is -2.42. The molecule has 0 heterocycles. The number of halogens is 1. The molecule has 4 nitrogen and oxygen atoms in total. The monoisotopic (exact) mass is 309 g/mol. The molecule has 1 atom stereocenters. The van der Waals surface area contributed by atoms with Gasteiger partial charge in [-0.15, -0.1) is 0 Å². The van der Waals surface area contributed by atoms with E-state index in [1.165, 1.54) is 12.8 Å². The normalized spacial score (nSPS) is 16.6. The summed E-state index contributed by atoms with van der Waals surface area (Å²) >= 11 is 5.80. The number of amides is 1. The summed E-state index contributed by atoms with van der Waals surface area (Å²) in [4.78, 5) is 23.3. The zero-order chi connectivity index (χ0) is 15.2. The Bertz CT molecular complexity index is 495. The van der Waals surface area contributed by atoms with Crippen molar-refractivity contribution in [1.29, 1.82) is 0 Å². The number of rotatable bonds is 6. The minimum atomic E-state index is -1.01. The van der Waals surface area contributed by atoms with E-state index in [1.54, 1.807) is 24.3 Å². The van der Waals surface area contributed by atoms with Crippen molar-refractivity contribution < 1.29 is 14.7 Å². The summed E-state index contributed by atoms with van der Waals surface area (Å²) < 4.78 is 0. The minimum Gasteiger partial charge on any atom is -0.480 e. The molecule has 0 unspecified atom stereocenters. The summed E-state index contributed by atoms with van der Waals surface area (Å²) in [6.07, 6.45) is 5.19. The molecule has 1 aliphatic rings. The van der Waals surface area contributed by atoms with Gasteiger partial charge >= 0.3 is 5.97 Å². The SMILES string of the molecule is O=C(CC1CCCC1)N[C@@H](Cc1ccc(Cl)cc1)C(=O)O. The maximum Gasteiger partial charge on any atom is 0.326 e. The van der Waals surface area contributed by atoms with E-state index in [2.05, 4.69) is 5.32 Å². The Labute approximate surface area is 129 Å². The molecule has 0 spiro atoms. The van der Waals surface area contributed by atoms with Crippen LogP contribution < -0.4 is 5.32 Å². The molecule has 1 aromatic carbocycles. The lowest BCUT2D eigenvalue weighted by atomic mass is 10.0. The zero-order valence-corrected chi connectivity index (χ0v) is 12.6. The first-order valence-corrected chi connectivity index (χ1v) is 7.69. The maximum atomic E-state index is 12.0. The van der Waals surface area contributed by atoms with Gasteiger partial charge in [-0.2, -0.15) is 0 Å². The third kappa shape index (κ3) is 5.05. The number of carbonyl (C=O) groups is 2. The lowest BCUT2D eigenvalue weighted by molar-refractivity contribution is -0.141. The van der Waals surface area contributed by atoms with Crippen molar-refractivity contribution in [1.82, 2.24) is 5.32 Å². The Morgan fingerprint density at radius 1 is 1.24 bits per heavy atom. The number of benzene rings is 1. The van der Waals surface area contributed by atoms with Crippen molar-refractivity contribution in [3.63, 3.8) is 0 Å². The van der Waals surface area contributed by atoms with Gasteiger partial charge in [-0.1, -0.05) is 36.6 Å². The van der Waals surface area contributed by atoms with E-state index < -0.39 is 12.0 Å². The van der Waals surface area contributed by atoms with Gasteiger partial charge in [0.25, 0.3) is 0 Å². The lowest BCUT2D eigenvalue weighted by Gasteiger charge is -2.16. The molecule has 21 heavy (non-hydrogen) atoms. The third-order valence-corrected chi connectivity index (χ3v) is 4.19. The number of hydrogen-bond donors (Lipinski definition) is 2. The molecule has 0 radical (unpaired) electrons. The van der Waals surface area contributed by atoms with Gasteiger partial charge in [-0.3, -0.25) is 4.79 Å². The molecule has 2 rings (SSSR count). The van der Waals surface area contributed by atoms with Gasteiger partial charge in [0, 0.05) is 17.9 Å².